The Labute approximate surface area is 198 Å². The maximum Gasteiger partial charge on any atom is 0.239 e. The first-order chi connectivity index (χ1) is 14.5. The minimum atomic E-state index is -0.296. The molecule has 1 atom stereocenters. The van der Waals surface area contributed by atoms with Gasteiger partial charge in [0, 0.05) is 26.9 Å². The average molecular weight is 566 g/mol. The molecule has 30 heavy (non-hydrogen) atoms. The van der Waals surface area contributed by atoms with Gasteiger partial charge >= 0.3 is 0 Å². The normalized spacial score (nSPS) is 12.5. The monoisotopic (exact) mass is 566 g/mol. The molecule has 0 fully saturated rings. The third kappa shape index (κ3) is 5.17. The molecule has 0 bridgehead atoms. The summed E-state index contributed by atoms with van der Waals surface area (Å²) in [5.41, 5.74) is 2.31. The van der Waals surface area contributed by atoms with E-state index in [-0.39, 0.29) is 16.9 Å². The molecular formula is C20H15IN4O2S3. The van der Waals surface area contributed by atoms with Crippen LogP contribution in [-0.2, 0) is 4.79 Å². The number of thioether (sulfide) groups is 1. The number of carbonyl (C=O) groups excluding carboxylic acids is 1. The maximum absolute atomic E-state index is 12.3. The number of thiazole rings is 2. The smallest absolute Gasteiger partial charge is 0.239 e. The zero-order chi connectivity index (χ0) is 21.1. The molecular weight excluding hydrogens is 551 g/mol. The van der Waals surface area contributed by atoms with E-state index in [1.165, 1.54) is 34.4 Å². The fourth-order valence-corrected chi connectivity index (χ4v) is 5.78. The van der Waals surface area contributed by atoms with E-state index < -0.39 is 0 Å². The fourth-order valence-electron chi connectivity index (χ4n) is 2.49. The molecule has 0 aliphatic carbocycles. The van der Waals surface area contributed by atoms with Crippen molar-refractivity contribution in [2.75, 3.05) is 5.32 Å². The van der Waals surface area contributed by atoms with Crippen LogP contribution in [0.4, 0.5) is 10.8 Å². The largest absolute Gasteiger partial charge is 0.507 e. The number of fused-ring (bicyclic) bond motifs is 1. The van der Waals surface area contributed by atoms with Crippen molar-refractivity contribution in [2.45, 2.75) is 16.5 Å². The van der Waals surface area contributed by atoms with Gasteiger partial charge < -0.3 is 10.4 Å². The van der Waals surface area contributed by atoms with Crippen molar-refractivity contribution in [3.63, 3.8) is 0 Å². The lowest BCUT2D eigenvalue weighted by Gasteiger charge is -2.07. The Morgan fingerprint density at radius 2 is 2.20 bits per heavy atom. The van der Waals surface area contributed by atoms with Crippen molar-refractivity contribution in [3.8, 4) is 5.75 Å². The second-order valence-corrected chi connectivity index (χ2v) is 10.9. The van der Waals surface area contributed by atoms with Crippen molar-refractivity contribution < 1.29 is 9.90 Å². The molecule has 0 spiro atoms. The van der Waals surface area contributed by atoms with E-state index in [4.69, 9.17) is 0 Å². The summed E-state index contributed by atoms with van der Waals surface area (Å²) in [5.74, 6) is 0.0959. The Balaban J connectivity index is 1.47. The predicted molar refractivity (Wildman–Crippen MR) is 134 cm³/mol. The highest BCUT2D eigenvalue weighted by molar-refractivity contribution is 14.1. The molecule has 0 aliphatic rings. The van der Waals surface area contributed by atoms with Gasteiger partial charge in [-0.25, -0.2) is 9.97 Å². The number of anilines is 1. The molecule has 2 aromatic carbocycles. The van der Waals surface area contributed by atoms with Gasteiger partial charge in [-0.2, -0.15) is 0 Å². The van der Waals surface area contributed by atoms with Gasteiger partial charge in [-0.3, -0.25) is 9.79 Å². The van der Waals surface area contributed by atoms with Gasteiger partial charge in [-0.15, -0.1) is 22.7 Å². The van der Waals surface area contributed by atoms with Gasteiger partial charge in [0.15, 0.2) is 9.47 Å². The zero-order valence-corrected chi connectivity index (χ0v) is 20.2. The lowest BCUT2D eigenvalue weighted by atomic mass is 10.2. The Morgan fingerprint density at radius 1 is 1.33 bits per heavy atom. The number of nitrogens with one attached hydrogen (secondary N) is 1. The summed E-state index contributed by atoms with van der Waals surface area (Å²) >= 11 is 6.53. The predicted octanol–water partition coefficient (Wildman–Crippen LogP) is 5.93. The first-order valence-corrected chi connectivity index (χ1v) is 12.4. The summed E-state index contributed by atoms with van der Waals surface area (Å²) in [6.45, 7) is 1.85. The van der Waals surface area contributed by atoms with Crippen LogP contribution in [0.3, 0.4) is 0 Å². The van der Waals surface area contributed by atoms with E-state index in [0.717, 1.165) is 23.8 Å². The van der Waals surface area contributed by atoms with Crippen LogP contribution < -0.4 is 5.32 Å². The highest BCUT2D eigenvalue weighted by Crippen LogP contribution is 2.34. The summed E-state index contributed by atoms with van der Waals surface area (Å²) in [5, 5.41) is 14.9. The minimum Gasteiger partial charge on any atom is -0.507 e. The molecule has 10 heteroatoms. The van der Waals surface area contributed by atoms with Gasteiger partial charge in [0.2, 0.25) is 5.91 Å². The number of hydrogen-bond acceptors (Lipinski definition) is 8. The Bertz CT molecular complexity index is 1220. The third-order valence-electron chi connectivity index (χ3n) is 4.00. The number of aliphatic imine (C=N–C) groups is 1. The van der Waals surface area contributed by atoms with Gasteiger partial charge in [-0.05, 0) is 65.9 Å². The van der Waals surface area contributed by atoms with Gasteiger partial charge in [0.05, 0.1) is 21.2 Å². The molecule has 0 aliphatic heterocycles. The third-order valence-corrected chi connectivity index (χ3v) is 7.58. The molecule has 0 unspecified atom stereocenters. The summed E-state index contributed by atoms with van der Waals surface area (Å²) in [4.78, 5) is 25.5. The van der Waals surface area contributed by atoms with Crippen molar-refractivity contribution in [2.24, 2.45) is 4.99 Å². The number of aromatic nitrogens is 2. The SMILES string of the molecule is C[C@H](Sc1nc2ccc(N=Cc3cc(I)ccc3O)cc2s1)C(=O)Nc1nccs1. The topological polar surface area (TPSA) is 87.5 Å². The fraction of sp³-hybridized carbons (Fsp3) is 0.100. The average Bonchev–Trinajstić information content (AvgIpc) is 3.37. The quantitative estimate of drug-likeness (QED) is 0.172. The molecule has 152 valence electrons. The number of phenolic OH excluding ortho intramolecular Hbond substituents is 1. The Kier molecular flexibility index (Phi) is 6.66. The lowest BCUT2D eigenvalue weighted by Crippen LogP contribution is -2.22. The van der Waals surface area contributed by atoms with Crippen LogP contribution >= 0.6 is 57.0 Å². The minimum absolute atomic E-state index is 0.100. The van der Waals surface area contributed by atoms with Crippen LogP contribution in [0.15, 0.2) is 57.3 Å². The van der Waals surface area contributed by atoms with Crippen LogP contribution in [0.25, 0.3) is 10.2 Å². The number of nitrogens with zero attached hydrogens (tertiary/aromatic N) is 3. The lowest BCUT2D eigenvalue weighted by molar-refractivity contribution is -0.115. The molecule has 6 nitrogen and oxygen atoms in total. The number of carbonyl (C=O) groups is 1. The highest BCUT2D eigenvalue weighted by Gasteiger charge is 2.18. The second kappa shape index (κ2) is 9.41. The van der Waals surface area contributed by atoms with Crippen molar-refractivity contribution in [1.29, 1.82) is 0 Å². The number of aromatic hydroxyl groups is 1. The number of halogens is 1. The number of amides is 1. The molecule has 2 aromatic heterocycles. The van der Waals surface area contributed by atoms with E-state index in [2.05, 4.69) is 42.9 Å². The number of hydrogen-bond donors (Lipinski definition) is 2. The van der Waals surface area contributed by atoms with E-state index in [1.807, 2.05) is 42.6 Å². The molecule has 0 saturated carbocycles. The molecule has 2 N–H and O–H groups in total. The number of phenols is 1. The number of benzene rings is 2. The van der Waals surface area contributed by atoms with Crippen LogP contribution in [-0.4, -0.2) is 32.4 Å². The van der Waals surface area contributed by atoms with Crippen molar-refractivity contribution in [1.82, 2.24) is 9.97 Å². The molecule has 0 radical (unpaired) electrons. The van der Waals surface area contributed by atoms with E-state index in [1.54, 1.807) is 18.5 Å². The van der Waals surface area contributed by atoms with Crippen LogP contribution in [0.2, 0.25) is 0 Å². The van der Waals surface area contributed by atoms with Gasteiger partial charge in [-0.1, -0.05) is 11.8 Å². The highest BCUT2D eigenvalue weighted by atomic mass is 127. The van der Waals surface area contributed by atoms with Crippen molar-refractivity contribution in [3.05, 3.63) is 57.1 Å². The van der Waals surface area contributed by atoms with Crippen LogP contribution in [0, 0.1) is 3.57 Å². The molecule has 4 aromatic rings. The standard InChI is InChI=1S/C20H15IN4O2S3/c1-11(18(27)25-19-22-6-7-28-19)29-20-24-15-4-3-14(9-17(15)30-20)23-10-12-8-13(21)2-5-16(12)26/h2-11,26H,1H3,(H,22,25,27)/t11-/m0/s1. The van der Waals surface area contributed by atoms with E-state index in [9.17, 15) is 9.90 Å². The first kappa shape index (κ1) is 21.2. The van der Waals surface area contributed by atoms with Gasteiger partial charge in [0.25, 0.3) is 0 Å². The molecule has 1 amide bonds. The maximum atomic E-state index is 12.3. The Morgan fingerprint density at radius 3 is 3.00 bits per heavy atom. The molecule has 4 rings (SSSR count). The second-order valence-electron chi connectivity index (χ2n) is 6.18. The Hall–Kier alpha value is -2.02. The van der Waals surface area contributed by atoms with Crippen LogP contribution in [0.1, 0.15) is 12.5 Å². The number of rotatable bonds is 6. The summed E-state index contributed by atoms with van der Waals surface area (Å²) < 4.78 is 2.84. The summed E-state index contributed by atoms with van der Waals surface area (Å²) in [6, 6.07) is 11.1. The van der Waals surface area contributed by atoms with E-state index >= 15 is 0 Å². The summed E-state index contributed by atoms with van der Waals surface area (Å²) in [7, 11) is 0. The zero-order valence-electron chi connectivity index (χ0n) is 15.6. The van der Waals surface area contributed by atoms with Crippen molar-refractivity contribution >= 4 is 90.2 Å². The molecule has 0 saturated heterocycles. The molecule has 2 heterocycles. The van der Waals surface area contributed by atoms with Crippen LogP contribution in [0.5, 0.6) is 5.75 Å². The van der Waals surface area contributed by atoms with E-state index in [0.29, 0.717) is 10.7 Å². The first-order valence-electron chi connectivity index (χ1n) is 8.78. The summed E-state index contributed by atoms with van der Waals surface area (Å²) in [6.07, 6.45) is 3.31. The van der Waals surface area contributed by atoms with Gasteiger partial charge in [0.1, 0.15) is 5.75 Å².